The molecule has 0 spiro atoms. The zero-order valence-corrected chi connectivity index (χ0v) is 7.98. The number of ether oxygens (including phenoxy) is 1. The van der Waals surface area contributed by atoms with E-state index in [0.717, 1.165) is 0 Å². The van der Waals surface area contributed by atoms with Crippen molar-refractivity contribution in [2.24, 2.45) is 5.73 Å². The van der Waals surface area contributed by atoms with E-state index in [1.54, 1.807) is 0 Å². The van der Waals surface area contributed by atoms with Gasteiger partial charge < -0.3 is 10.5 Å². The molecule has 15 heavy (non-hydrogen) atoms. The van der Waals surface area contributed by atoms with Crippen molar-refractivity contribution in [3.63, 3.8) is 0 Å². The summed E-state index contributed by atoms with van der Waals surface area (Å²) in [7, 11) is 1.34. The van der Waals surface area contributed by atoms with E-state index in [1.165, 1.54) is 19.2 Å². The summed E-state index contributed by atoms with van der Waals surface area (Å²) in [6.07, 6.45) is 0.472. The van der Waals surface area contributed by atoms with Crippen LogP contribution in [0.1, 0.15) is 26.3 Å². The molecule has 1 aromatic carbocycles. The van der Waals surface area contributed by atoms with E-state index in [-0.39, 0.29) is 22.4 Å². The number of aldehydes is 1. The van der Waals surface area contributed by atoms with Gasteiger partial charge in [-0.1, -0.05) is 0 Å². The van der Waals surface area contributed by atoms with Gasteiger partial charge in [-0.2, -0.15) is 5.26 Å². The van der Waals surface area contributed by atoms with Crippen LogP contribution in [0, 0.1) is 11.3 Å². The van der Waals surface area contributed by atoms with E-state index in [2.05, 4.69) is 0 Å². The first-order chi connectivity index (χ1) is 7.13. The van der Waals surface area contributed by atoms with Crippen molar-refractivity contribution in [2.75, 3.05) is 7.11 Å². The van der Waals surface area contributed by atoms with Gasteiger partial charge in [0, 0.05) is 0 Å². The molecule has 0 aliphatic heterocycles. The number of nitrogens with zero attached hydrogens (tertiary/aromatic N) is 1. The molecule has 0 fully saturated rings. The Labute approximate surface area is 86.1 Å². The summed E-state index contributed by atoms with van der Waals surface area (Å²) < 4.78 is 4.88. The van der Waals surface area contributed by atoms with Gasteiger partial charge in [0.2, 0.25) is 5.91 Å². The van der Waals surface area contributed by atoms with Gasteiger partial charge in [0.1, 0.15) is 5.75 Å². The highest BCUT2D eigenvalue weighted by Crippen LogP contribution is 2.22. The average molecular weight is 204 g/mol. The number of amides is 1. The van der Waals surface area contributed by atoms with Crippen LogP contribution in [0.15, 0.2) is 12.1 Å². The number of nitrogens with two attached hydrogens (primary N) is 1. The lowest BCUT2D eigenvalue weighted by Crippen LogP contribution is -2.14. The van der Waals surface area contributed by atoms with Crippen molar-refractivity contribution >= 4 is 12.2 Å². The molecule has 0 radical (unpaired) electrons. The Morgan fingerprint density at radius 1 is 1.60 bits per heavy atom. The third-order valence-corrected chi connectivity index (χ3v) is 1.87. The molecule has 1 aromatic rings. The van der Waals surface area contributed by atoms with E-state index in [9.17, 15) is 9.59 Å². The molecule has 5 heteroatoms. The number of carbonyl (C=O) groups excluding carboxylic acids is 2. The SMILES string of the molecule is COc1cc(C#N)cc(C(N)=O)c1C=O. The van der Waals surface area contributed by atoms with Crippen molar-refractivity contribution in [2.45, 2.75) is 0 Å². The second kappa shape index (κ2) is 4.24. The Morgan fingerprint density at radius 2 is 2.27 bits per heavy atom. The molecule has 1 amide bonds. The molecule has 0 saturated heterocycles. The Hall–Kier alpha value is -2.35. The molecular formula is C10H8N2O3. The number of hydrogen-bond donors (Lipinski definition) is 1. The van der Waals surface area contributed by atoms with E-state index in [0.29, 0.717) is 6.29 Å². The second-order valence-electron chi connectivity index (χ2n) is 2.73. The minimum absolute atomic E-state index is 0.0131. The van der Waals surface area contributed by atoms with Crippen LogP contribution in [0.3, 0.4) is 0 Å². The maximum atomic E-state index is 11.0. The predicted octanol–water partition coefficient (Wildman–Crippen LogP) is 0.478. The molecule has 0 aliphatic rings. The first kappa shape index (κ1) is 10.7. The molecule has 0 aromatic heterocycles. The fourth-order valence-corrected chi connectivity index (χ4v) is 1.19. The van der Waals surface area contributed by atoms with E-state index in [1.807, 2.05) is 6.07 Å². The summed E-state index contributed by atoms with van der Waals surface area (Å²) in [5, 5.41) is 8.68. The average Bonchev–Trinajstić information content (AvgIpc) is 2.26. The fourth-order valence-electron chi connectivity index (χ4n) is 1.19. The Balaban J connectivity index is 3.54. The third kappa shape index (κ3) is 1.94. The third-order valence-electron chi connectivity index (χ3n) is 1.87. The molecule has 5 nitrogen and oxygen atoms in total. The Morgan fingerprint density at radius 3 is 2.67 bits per heavy atom. The summed E-state index contributed by atoms with van der Waals surface area (Å²) >= 11 is 0. The monoisotopic (exact) mass is 204 g/mol. The molecule has 0 heterocycles. The van der Waals surface area contributed by atoms with Gasteiger partial charge in [-0.05, 0) is 12.1 Å². The highest BCUT2D eigenvalue weighted by molar-refractivity contribution is 6.02. The molecule has 0 bridgehead atoms. The summed E-state index contributed by atoms with van der Waals surface area (Å²) in [4.78, 5) is 21.8. The van der Waals surface area contributed by atoms with Crippen LogP contribution in [0.4, 0.5) is 0 Å². The molecule has 0 atom stereocenters. The first-order valence-corrected chi connectivity index (χ1v) is 4.01. The van der Waals surface area contributed by atoms with Crippen LogP contribution < -0.4 is 10.5 Å². The van der Waals surface area contributed by atoms with Gasteiger partial charge in [0.25, 0.3) is 0 Å². The zero-order valence-electron chi connectivity index (χ0n) is 7.98. The largest absolute Gasteiger partial charge is 0.496 e. The lowest BCUT2D eigenvalue weighted by molar-refractivity contribution is 0.0992. The van der Waals surface area contributed by atoms with Crippen LogP contribution in [0.25, 0.3) is 0 Å². The number of rotatable bonds is 3. The summed E-state index contributed by atoms with van der Waals surface area (Å²) in [5.74, 6) is -0.606. The summed E-state index contributed by atoms with van der Waals surface area (Å²) in [6.45, 7) is 0. The van der Waals surface area contributed by atoms with Crippen molar-refractivity contribution in [3.8, 4) is 11.8 Å². The van der Waals surface area contributed by atoms with Crippen molar-refractivity contribution < 1.29 is 14.3 Å². The summed E-state index contributed by atoms with van der Waals surface area (Å²) in [6, 6.07) is 4.47. The number of benzene rings is 1. The lowest BCUT2D eigenvalue weighted by atomic mass is 10.0. The van der Waals surface area contributed by atoms with Crippen LogP contribution in [0.2, 0.25) is 0 Å². The summed E-state index contributed by atoms with van der Waals surface area (Å²) in [5.41, 5.74) is 5.33. The van der Waals surface area contributed by atoms with Crippen LogP contribution in [-0.4, -0.2) is 19.3 Å². The van der Waals surface area contributed by atoms with E-state index >= 15 is 0 Å². The quantitative estimate of drug-likeness (QED) is 0.724. The normalized spacial score (nSPS) is 9.07. The van der Waals surface area contributed by atoms with E-state index < -0.39 is 5.91 Å². The first-order valence-electron chi connectivity index (χ1n) is 4.01. The second-order valence-corrected chi connectivity index (χ2v) is 2.73. The molecule has 1 rings (SSSR count). The highest BCUT2D eigenvalue weighted by Gasteiger charge is 2.14. The van der Waals surface area contributed by atoms with Gasteiger partial charge in [0.15, 0.2) is 6.29 Å². The van der Waals surface area contributed by atoms with Crippen LogP contribution in [0.5, 0.6) is 5.75 Å². The number of primary amides is 1. The molecule has 0 unspecified atom stereocenters. The molecule has 76 valence electrons. The molecule has 0 saturated carbocycles. The van der Waals surface area contributed by atoms with Gasteiger partial charge in [-0.25, -0.2) is 0 Å². The topological polar surface area (TPSA) is 93.2 Å². The number of nitriles is 1. The van der Waals surface area contributed by atoms with Crippen molar-refractivity contribution in [1.82, 2.24) is 0 Å². The molecular weight excluding hydrogens is 196 g/mol. The standard InChI is InChI=1S/C10H8N2O3/c1-15-9-3-6(4-11)2-7(10(12)14)8(9)5-13/h2-3,5H,1H3,(H2,12,14). The number of carbonyl (C=O) groups is 2. The minimum atomic E-state index is -0.771. The van der Waals surface area contributed by atoms with Gasteiger partial charge in [-0.3, -0.25) is 9.59 Å². The van der Waals surface area contributed by atoms with Crippen molar-refractivity contribution in [3.05, 3.63) is 28.8 Å². The maximum Gasteiger partial charge on any atom is 0.249 e. The zero-order chi connectivity index (χ0) is 11.4. The maximum absolute atomic E-state index is 11.0. The Bertz CT molecular complexity index is 460. The minimum Gasteiger partial charge on any atom is -0.496 e. The lowest BCUT2D eigenvalue weighted by Gasteiger charge is -2.07. The van der Waals surface area contributed by atoms with Gasteiger partial charge in [-0.15, -0.1) is 0 Å². The Kier molecular flexibility index (Phi) is 3.03. The predicted molar refractivity (Wildman–Crippen MR) is 51.6 cm³/mol. The number of hydrogen-bond acceptors (Lipinski definition) is 4. The molecule has 0 aliphatic carbocycles. The van der Waals surface area contributed by atoms with Crippen molar-refractivity contribution in [1.29, 1.82) is 5.26 Å². The smallest absolute Gasteiger partial charge is 0.249 e. The van der Waals surface area contributed by atoms with Crippen LogP contribution in [-0.2, 0) is 0 Å². The highest BCUT2D eigenvalue weighted by atomic mass is 16.5. The van der Waals surface area contributed by atoms with Gasteiger partial charge >= 0.3 is 0 Å². The van der Waals surface area contributed by atoms with E-state index in [4.69, 9.17) is 15.7 Å². The van der Waals surface area contributed by atoms with Crippen LogP contribution >= 0.6 is 0 Å². The fraction of sp³-hybridized carbons (Fsp3) is 0.100. The molecule has 2 N–H and O–H groups in total. The number of methoxy groups -OCH3 is 1. The van der Waals surface area contributed by atoms with Gasteiger partial charge in [0.05, 0.1) is 29.9 Å².